The number of benzene rings is 1. The molecular weight excluding hydrogens is 698 g/mol. The minimum absolute atomic E-state index is 0.00693. The van der Waals surface area contributed by atoms with Crippen LogP contribution in [0.3, 0.4) is 0 Å². The van der Waals surface area contributed by atoms with Crippen LogP contribution in [-0.4, -0.2) is 73.0 Å². The molecule has 1 aromatic carbocycles. The Kier molecular flexibility index (Phi) is 9.67. The molecular formula is C38H42BrN7O4. The van der Waals surface area contributed by atoms with E-state index in [1.54, 1.807) is 24.2 Å². The van der Waals surface area contributed by atoms with E-state index in [1.165, 1.54) is 6.92 Å². The highest BCUT2D eigenvalue weighted by Gasteiger charge is 2.65. The number of rotatable bonds is 7. The number of amides is 2. The van der Waals surface area contributed by atoms with Crippen molar-refractivity contribution in [1.82, 2.24) is 34.9 Å². The maximum absolute atomic E-state index is 14.5. The molecule has 2 amide bonds. The monoisotopic (exact) mass is 739 g/mol. The lowest BCUT2D eigenvalue weighted by Crippen LogP contribution is -2.41. The largest absolute Gasteiger partial charge is 0.380 e. The van der Waals surface area contributed by atoms with Crippen LogP contribution in [0.1, 0.15) is 78.6 Å². The first-order valence-electron chi connectivity index (χ1n) is 17.4. The number of carbonyl (C=O) groups excluding carboxylic acids is 3. The molecule has 0 unspecified atom stereocenters. The van der Waals surface area contributed by atoms with Crippen molar-refractivity contribution in [1.29, 1.82) is 0 Å². The molecule has 0 spiro atoms. The zero-order chi connectivity index (χ0) is 35.0. The summed E-state index contributed by atoms with van der Waals surface area (Å²) in [4.78, 5) is 56.0. The summed E-state index contributed by atoms with van der Waals surface area (Å²) in [6.07, 6.45) is 13.4. The molecule has 12 heteroatoms. The third-order valence-electron chi connectivity index (χ3n) is 10.4. The number of Topliss-reactive ketones (excluding diaryl/α,β-unsaturated/α-hetero) is 1. The van der Waals surface area contributed by atoms with Crippen LogP contribution >= 0.6 is 15.9 Å². The lowest BCUT2D eigenvalue weighted by atomic mass is 9.95. The van der Waals surface area contributed by atoms with Crippen molar-refractivity contribution >= 4 is 44.4 Å². The first-order valence-corrected chi connectivity index (χ1v) is 18.1. The summed E-state index contributed by atoms with van der Waals surface area (Å²) < 4.78 is 7.93. The van der Waals surface area contributed by atoms with E-state index >= 15 is 0 Å². The predicted octanol–water partition coefficient (Wildman–Crippen LogP) is 5.70. The topological polar surface area (TPSA) is 132 Å². The summed E-state index contributed by atoms with van der Waals surface area (Å²) in [5.41, 5.74) is 5.63. The van der Waals surface area contributed by atoms with Gasteiger partial charge in [-0.05, 0) is 103 Å². The number of hydrogen-bond donors (Lipinski definition) is 1. The second kappa shape index (κ2) is 14.1. The third-order valence-corrected chi connectivity index (χ3v) is 10.9. The number of methoxy groups -OCH3 is 1. The molecule has 1 saturated carbocycles. The Bertz CT molecular complexity index is 1990. The molecule has 260 valence electrons. The molecule has 1 saturated heterocycles. The molecule has 11 nitrogen and oxygen atoms in total. The normalized spacial score (nSPS) is 22.4. The molecule has 3 atom stereocenters. The van der Waals surface area contributed by atoms with Gasteiger partial charge in [0, 0.05) is 73.5 Å². The number of aromatic nitrogens is 5. The van der Waals surface area contributed by atoms with Gasteiger partial charge in [0.25, 0.3) is 0 Å². The standard InChI is InChI=1S/C38H42BrN7O4/c1-23(47)36-30-15-27(28-18-40-24(2)41-19-28)14-25-8-6-4-5-7-9-34(48)42-22-38-16-29(11-12-31-26(21-50-3)10-13-33(39)43-31)46(32(38)17-38)35(49)20-45(44-36)37(25)30/h4,6,10,13-15,18-19,29,32H,5,7-9,11-12,16-17,20-22H2,1-3H3,(H,42,48)/t29-,32-,38+/m1/s1. The van der Waals surface area contributed by atoms with Gasteiger partial charge in [-0.1, -0.05) is 18.2 Å². The molecule has 4 aromatic rings. The van der Waals surface area contributed by atoms with E-state index in [1.807, 2.05) is 25.1 Å². The third kappa shape index (κ3) is 6.87. The predicted molar refractivity (Wildman–Crippen MR) is 192 cm³/mol. The number of nitrogens with one attached hydrogen (secondary N) is 1. The lowest BCUT2D eigenvalue weighted by Gasteiger charge is -2.28. The number of pyridine rings is 1. The minimum atomic E-state index is -0.161. The Hall–Kier alpha value is -4.29. The molecule has 1 N–H and O–H groups in total. The van der Waals surface area contributed by atoms with E-state index in [0.717, 1.165) is 70.2 Å². The molecule has 2 fully saturated rings. The van der Waals surface area contributed by atoms with E-state index < -0.39 is 0 Å². The van der Waals surface area contributed by atoms with E-state index in [-0.39, 0.29) is 41.6 Å². The summed E-state index contributed by atoms with van der Waals surface area (Å²) in [6, 6.07) is 8.00. The fraction of sp³-hybridized carbons (Fsp3) is 0.447. The first kappa shape index (κ1) is 34.2. The van der Waals surface area contributed by atoms with Gasteiger partial charge in [0.2, 0.25) is 11.8 Å². The van der Waals surface area contributed by atoms with Gasteiger partial charge in [0.1, 0.15) is 22.7 Å². The summed E-state index contributed by atoms with van der Waals surface area (Å²) in [5, 5.41) is 8.72. The average molecular weight is 741 g/mol. The van der Waals surface area contributed by atoms with Crippen molar-refractivity contribution in [3.8, 4) is 11.1 Å². The summed E-state index contributed by atoms with van der Waals surface area (Å²) in [5.74, 6) is 0.533. The minimum Gasteiger partial charge on any atom is -0.380 e. The maximum Gasteiger partial charge on any atom is 0.244 e. The second-order valence-corrected chi connectivity index (χ2v) is 14.7. The number of nitrogens with zero attached hydrogens (tertiary/aromatic N) is 6. The Labute approximate surface area is 300 Å². The Morgan fingerprint density at radius 3 is 2.72 bits per heavy atom. The van der Waals surface area contributed by atoms with Crippen molar-refractivity contribution in [2.45, 2.75) is 90.4 Å². The van der Waals surface area contributed by atoms with Crippen LogP contribution < -0.4 is 5.32 Å². The molecule has 1 aliphatic carbocycles. The number of allylic oxidation sites excluding steroid dienone is 2. The zero-order valence-corrected chi connectivity index (χ0v) is 30.3. The Balaban J connectivity index is 1.27. The van der Waals surface area contributed by atoms with Crippen molar-refractivity contribution in [2.24, 2.45) is 5.41 Å². The number of carbonyl (C=O) groups is 3. The summed E-state index contributed by atoms with van der Waals surface area (Å²) >= 11 is 3.52. The molecule has 5 heterocycles. The highest BCUT2D eigenvalue weighted by atomic mass is 79.9. The lowest BCUT2D eigenvalue weighted by molar-refractivity contribution is -0.134. The zero-order valence-electron chi connectivity index (χ0n) is 28.7. The van der Waals surface area contributed by atoms with E-state index in [9.17, 15) is 14.4 Å². The molecule has 3 aromatic heterocycles. The molecule has 3 aliphatic rings. The Morgan fingerprint density at radius 1 is 1.12 bits per heavy atom. The SMILES string of the molecule is COCc1ccc(Br)nc1CC[C@@H]1C[C@]23CNC(=O)CCCC=CCc4cc(-c5cnc(C)nc5)cc5c(C(C)=O)nn(c45)CC(=O)N1[C@@H]2C3. The fourth-order valence-corrected chi connectivity index (χ4v) is 8.22. The molecule has 2 aliphatic heterocycles. The van der Waals surface area contributed by atoms with Crippen LogP contribution in [0.15, 0.2) is 53.4 Å². The highest BCUT2D eigenvalue weighted by Crippen LogP contribution is 2.60. The quantitative estimate of drug-likeness (QED) is 0.145. The molecule has 7 rings (SSSR count). The second-order valence-electron chi connectivity index (χ2n) is 13.9. The van der Waals surface area contributed by atoms with Crippen LogP contribution in [0.2, 0.25) is 0 Å². The van der Waals surface area contributed by atoms with Gasteiger partial charge < -0.3 is 15.0 Å². The van der Waals surface area contributed by atoms with Gasteiger partial charge in [-0.3, -0.25) is 19.1 Å². The van der Waals surface area contributed by atoms with Crippen molar-refractivity contribution in [3.05, 3.63) is 81.8 Å². The van der Waals surface area contributed by atoms with Gasteiger partial charge in [0.15, 0.2) is 5.78 Å². The first-order chi connectivity index (χ1) is 24.2. The average Bonchev–Trinajstić information content (AvgIpc) is 3.51. The number of halogens is 1. The summed E-state index contributed by atoms with van der Waals surface area (Å²) in [7, 11) is 1.67. The van der Waals surface area contributed by atoms with Crippen LogP contribution in [-0.2, 0) is 40.3 Å². The van der Waals surface area contributed by atoms with Crippen molar-refractivity contribution in [2.75, 3.05) is 13.7 Å². The van der Waals surface area contributed by atoms with Gasteiger partial charge in [-0.25, -0.2) is 15.0 Å². The summed E-state index contributed by atoms with van der Waals surface area (Å²) in [6.45, 7) is 4.39. The van der Waals surface area contributed by atoms with Crippen molar-refractivity contribution in [3.63, 3.8) is 0 Å². The van der Waals surface area contributed by atoms with E-state index in [0.29, 0.717) is 49.3 Å². The van der Waals surface area contributed by atoms with E-state index in [2.05, 4.69) is 54.3 Å². The van der Waals surface area contributed by atoms with Gasteiger partial charge in [0.05, 0.1) is 12.1 Å². The number of ketones is 1. The highest BCUT2D eigenvalue weighted by molar-refractivity contribution is 9.10. The Morgan fingerprint density at radius 2 is 1.94 bits per heavy atom. The smallest absolute Gasteiger partial charge is 0.244 e. The maximum atomic E-state index is 14.5. The van der Waals surface area contributed by atoms with Gasteiger partial charge >= 0.3 is 0 Å². The van der Waals surface area contributed by atoms with Crippen LogP contribution in [0.4, 0.5) is 0 Å². The van der Waals surface area contributed by atoms with Crippen LogP contribution in [0, 0.1) is 12.3 Å². The number of hydrogen-bond acceptors (Lipinski definition) is 8. The molecule has 50 heavy (non-hydrogen) atoms. The number of ether oxygens (including phenoxy) is 1. The van der Waals surface area contributed by atoms with Crippen LogP contribution in [0.5, 0.6) is 0 Å². The number of aryl methyl sites for hydroxylation is 2. The van der Waals surface area contributed by atoms with Gasteiger partial charge in [-0.15, -0.1) is 0 Å². The van der Waals surface area contributed by atoms with Gasteiger partial charge in [-0.2, -0.15) is 5.10 Å². The molecule has 0 radical (unpaired) electrons. The molecule has 2 bridgehead atoms. The number of piperidine rings is 1. The van der Waals surface area contributed by atoms with Crippen LogP contribution in [0.25, 0.3) is 22.0 Å². The fourth-order valence-electron chi connectivity index (χ4n) is 7.88. The van der Waals surface area contributed by atoms with E-state index in [4.69, 9.17) is 14.8 Å². The van der Waals surface area contributed by atoms with Crippen molar-refractivity contribution < 1.29 is 19.1 Å².